The van der Waals surface area contributed by atoms with Crippen LogP contribution in [0.1, 0.15) is 52.1 Å². The van der Waals surface area contributed by atoms with Crippen molar-refractivity contribution in [2.24, 2.45) is 0 Å². The Balaban J connectivity index is 2.23. The number of rotatable bonds is 3. The smallest absolute Gasteiger partial charge is 0.196 e. The molecule has 4 heteroatoms. The first-order chi connectivity index (χ1) is 10.5. The molecule has 2 aromatic rings. The van der Waals surface area contributed by atoms with Gasteiger partial charge in [-0.2, -0.15) is 0 Å². The molecule has 0 aromatic heterocycles. The second-order valence-electron chi connectivity index (χ2n) is 5.50. The molecule has 0 saturated carbocycles. The Hall–Kier alpha value is -1.94. The normalized spacial score (nSPS) is 14.3. The van der Waals surface area contributed by atoms with E-state index in [1.807, 2.05) is 12.1 Å². The van der Waals surface area contributed by atoms with Gasteiger partial charge in [0.25, 0.3) is 0 Å². The summed E-state index contributed by atoms with van der Waals surface area (Å²) in [7, 11) is 0. The molecule has 0 spiro atoms. The molecular weight excluding hydrogens is 342 g/mol. The third-order valence-corrected chi connectivity index (χ3v) is 4.70. The van der Waals surface area contributed by atoms with Crippen molar-refractivity contribution in [3.05, 3.63) is 63.1 Å². The molecule has 0 bridgehead atoms. The molecule has 1 atom stereocenters. The lowest BCUT2D eigenvalue weighted by atomic mass is 9.83. The van der Waals surface area contributed by atoms with Crippen LogP contribution in [0.2, 0.25) is 0 Å². The third-order valence-electron chi connectivity index (χ3n) is 4.04. The first-order valence-electron chi connectivity index (χ1n) is 7.32. The maximum atomic E-state index is 12.9. The molecule has 22 heavy (non-hydrogen) atoms. The van der Waals surface area contributed by atoms with E-state index in [1.165, 1.54) is 0 Å². The van der Waals surface area contributed by atoms with E-state index in [9.17, 15) is 9.59 Å². The number of carbonyl (C=O) groups excluding carboxylic acids is 2. The van der Waals surface area contributed by atoms with Gasteiger partial charge < -0.3 is 5.32 Å². The minimum atomic E-state index is -0.107. The molecular formula is C18H16BrNO2. The fourth-order valence-corrected chi connectivity index (χ4v) is 3.18. The standard InChI is InChI=1S/C18H16BrNO2/c1-3-10(2)20-14-9-8-13(19)15-16(14)18(22)12-7-5-4-6-11(12)17(15)21/h4-10,20H,3H2,1-2H3. The number of anilines is 1. The molecule has 2 aromatic carbocycles. The van der Waals surface area contributed by atoms with Gasteiger partial charge in [0.05, 0.1) is 5.56 Å². The summed E-state index contributed by atoms with van der Waals surface area (Å²) in [5, 5.41) is 3.33. The zero-order valence-corrected chi connectivity index (χ0v) is 14.0. The summed E-state index contributed by atoms with van der Waals surface area (Å²) in [5.41, 5.74) is 2.60. The Morgan fingerprint density at radius 2 is 1.59 bits per heavy atom. The average Bonchev–Trinajstić information content (AvgIpc) is 2.54. The minimum Gasteiger partial charge on any atom is -0.382 e. The van der Waals surface area contributed by atoms with Crippen molar-refractivity contribution in [3.8, 4) is 0 Å². The second kappa shape index (κ2) is 5.69. The number of fused-ring (bicyclic) bond motifs is 2. The van der Waals surface area contributed by atoms with Crippen LogP contribution in [0.25, 0.3) is 0 Å². The molecule has 3 rings (SSSR count). The highest BCUT2D eigenvalue weighted by atomic mass is 79.9. The molecule has 1 N–H and O–H groups in total. The first kappa shape index (κ1) is 15.0. The maximum absolute atomic E-state index is 12.9. The van der Waals surface area contributed by atoms with Gasteiger partial charge in [-0.15, -0.1) is 0 Å². The molecule has 0 heterocycles. The number of hydrogen-bond acceptors (Lipinski definition) is 3. The molecule has 0 radical (unpaired) electrons. The molecule has 1 unspecified atom stereocenters. The van der Waals surface area contributed by atoms with Gasteiger partial charge in [0, 0.05) is 32.9 Å². The summed E-state index contributed by atoms with van der Waals surface area (Å²) in [5.74, 6) is -0.206. The van der Waals surface area contributed by atoms with Gasteiger partial charge in [0.1, 0.15) is 0 Å². The number of carbonyl (C=O) groups is 2. The van der Waals surface area contributed by atoms with E-state index in [1.54, 1.807) is 24.3 Å². The predicted molar refractivity (Wildman–Crippen MR) is 90.8 cm³/mol. The molecule has 1 aliphatic carbocycles. The Kier molecular flexibility index (Phi) is 3.87. The summed E-state index contributed by atoms with van der Waals surface area (Å²) in [6.07, 6.45) is 0.934. The van der Waals surface area contributed by atoms with E-state index in [4.69, 9.17) is 0 Å². The van der Waals surface area contributed by atoms with Crippen LogP contribution in [-0.4, -0.2) is 17.6 Å². The van der Waals surface area contributed by atoms with Crippen molar-refractivity contribution in [1.82, 2.24) is 0 Å². The number of hydrogen-bond donors (Lipinski definition) is 1. The number of ketones is 2. The van der Waals surface area contributed by atoms with Crippen LogP contribution >= 0.6 is 15.9 Å². The minimum absolute atomic E-state index is 0.0997. The molecule has 0 fully saturated rings. The van der Waals surface area contributed by atoms with Crippen molar-refractivity contribution >= 4 is 33.2 Å². The van der Waals surface area contributed by atoms with Crippen molar-refractivity contribution in [2.45, 2.75) is 26.3 Å². The molecule has 0 saturated heterocycles. The van der Waals surface area contributed by atoms with Crippen LogP contribution in [0, 0.1) is 0 Å². The van der Waals surface area contributed by atoms with Crippen LogP contribution in [0.3, 0.4) is 0 Å². The predicted octanol–water partition coefficient (Wildman–Crippen LogP) is 4.43. The lowest BCUT2D eigenvalue weighted by Crippen LogP contribution is -2.24. The Morgan fingerprint density at radius 3 is 2.18 bits per heavy atom. The van der Waals surface area contributed by atoms with E-state index in [-0.39, 0.29) is 17.6 Å². The van der Waals surface area contributed by atoms with E-state index < -0.39 is 0 Å². The van der Waals surface area contributed by atoms with Crippen LogP contribution in [0.5, 0.6) is 0 Å². The van der Waals surface area contributed by atoms with Gasteiger partial charge in [-0.3, -0.25) is 9.59 Å². The van der Waals surface area contributed by atoms with Crippen LogP contribution < -0.4 is 5.32 Å². The van der Waals surface area contributed by atoms with E-state index in [2.05, 4.69) is 35.1 Å². The van der Waals surface area contributed by atoms with Crippen LogP contribution in [-0.2, 0) is 0 Å². The van der Waals surface area contributed by atoms with Crippen molar-refractivity contribution in [1.29, 1.82) is 0 Å². The third kappa shape index (κ3) is 2.28. The summed E-state index contributed by atoms with van der Waals surface area (Å²) >= 11 is 3.42. The van der Waals surface area contributed by atoms with Crippen LogP contribution in [0.4, 0.5) is 5.69 Å². The highest BCUT2D eigenvalue weighted by Gasteiger charge is 2.33. The lowest BCUT2D eigenvalue weighted by Gasteiger charge is -2.23. The van der Waals surface area contributed by atoms with Crippen molar-refractivity contribution < 1.29 is 9.59 Å². The molecule has 112 valence electrons. The largest absolute Gasteiger partial charge is 0.382 e. The molecule has 1 aliphatic rings. The zero-order chi connectivity index (χ0) is 15.9. The fraction of sp³-hybridized carbons (Fsp3) is 0.222. The Bertz CT molecular complexity index is 783. The van der Waals surface area contributed by atoms with E-state index in [0.29, 0.717) is 26.7 Å². The fourth-order valence-electron chi connectivity index (χ4n) is 2.67. The number of nitrogens with one attached hydrogen (secondary N) is 1. The molecule has 3 nitrogen and oxygen atoms in total. The second-order valence-corrected chi connectivity index (χ2v) is 6.36. The zero-order valence-electron chi connectivity index (χ0n) is 12.4. The van der Waals surface area contributed by atoms with Gasteiger partial charge in [0.2, 0.25) is 0 Å². The highest BCUT2D eigenvalue weighted by molar-refractivity contribution is 9.10. The summed E-state index contributed by atoms with van der Waals surface area (Å²) in [4.78, 5) is 25.7. The average molecular weight is 358 g/mol. The topological polar surface area (TPSA) is 46.2 Å². The number of benzene rings is 2. The molecule has 0 aliphatic heterocycles. The van der Waals surface area contributed by atoms with Gasteiger partial charge in [0.15, 0.2) is 11.6 Å². The monoisotopic (exact) mass is 357 g/mol. The van der Waals surface area contributed by atoms with Gasteiger partial charge in [-0.1, -0.05) is 47.1 Å². The van der Waals surface area contributed by atoms with Gasteiger partial charge in [-0.25, -0.2) is 0 Å². The summed E-state index contributed by atoms with van der Waals surface area (Å²) < 4.78 is 0.657. The first-order valence-corrected chi connectivity index (χ1v) is 8.11. The van der Waals surface area contributed by atoms with Gasteiger partial charge >= 0.3 is 0 Å². The molecule has 0 amide bonds. The lowest BCUT2D eigenvalue weighted by molar-refractivity contribution is 0.0979. The highest BCUT2D eigenvalue weighted by Crippen LogP contribution is 2.36. The van der Waals surface area contributed by atoms with Gasteiger partial charge in [-0.05, 0) is 25.5 Å². The quantitative estimate of drug-likeness (QED) is 0.753. The van der Waals surface area contributed by atoms with Crippen LogP contribution in [0.15, 0.2) is 40.9 Å². The Morgan fingerprint density at radius 1 is 1.00 bits per heavy atom. The maximum Gasteiger partial charge on any atom is 0.196 e. The number of halogens is 1. The van der Waals surface area contributed by atoms with E-state index >= 15 is 0 Å². The SMILES string of the molecule is CCC(C)Nc1ccc(Br)c2c1C(=O)c1ccccc1C2=O. The summed E-state index contributed by atoms with van der Waals surface area (Å²) in [6.45, 7) is 4.13. The summed E-state index contributed by atoms with van der Waals surface area (Å²) in [6, 6.07) is 10.9. The van der Waals surface area contributed by atoms with Crippen molar-refractivity contribution in [2.75, 3.05) is 5.32 Å². The van der Waals surface area contributed by atoms with Crippen molar-refractivity contribution in [3.63, 3.8) is 0 Å². The van der Waals surface area contributed by atoms with E-state index in [0.717, 1.165) is 12.1 Å². The Labute approximate surface area is 137 Å².